The Hall–Kier alpha value is -5.82. The van der Waals surface area contributed by atoms with Gasteiger partial charge < -0.3 is 45.5 Å². The van der Waals surface area contributed by atoms with E-state index in [1.807, 2.05) is 24.3 Å². The minimum absolute atomic E-state index is 0.0100. The fourth-order valence-electron chi connectivity index (χ4n) is 11.2. The largest absolute Gasteiger partial charge is 0.508 e. The van der Waals surface area contributed by atoms with Crippen LogP contribution in [0.4, 0.5) is 5.69 Å². The number of thiocarbonyl (C=S) groups is 1. The molecule has 2 heterocycles. The molecule has 0 saturated heterocycles. The zero-order chi connectivity index (χ0) is 43.2. The van der Waals surface area contributed by atoms with Gasteiger partial charge in [-0.05, 0) is 141 Å². The van der Waals surface area contributed by atoms with Gasteiger partial charge in [-0.1, -0.05) is 31.9 Å². The van der Waals surface area contributed by atoms with Crippen molar-refractivity contribution in [3.8, 4) is 28.7 Å². The van der Waals surface area contributed by atoms with Crippen LogP contribution in [-0.4, -0.2) is 57.5 Å². The number of unbranched alkanes of at least 4 members (excludes halogenated alkanes) is 3. The Morgan fingerprint density at radius 2 is 1.47 bits per heavy atom. The molecular weight excluding hydrogens is 807 g/mol. The van der Waals surface area contributed by atoms with Crippen LogP contribution in [-0.2, 0) is 31.1 Å². The van der Waals surface area contributed by atoms with Gasteiger partial charge in [0.2, 0.25) is 5.91 Å². The Morgan fingerprint density at radius 1 is 0.790 bits per heavy atom. The molecule has 62 heavy (non-hydrogen) atoms. The number of phenols is 3. The highest BCUT2D eigenvalue weighted by atomic mass is 32.1. The van der Waals surface area contributed by atoms with Crippen LogP contribution in [0.15, 0.2) is 72.8 Å². The predicted octanol–water partition coefficient (Wildman–Crippen LogP) is 8.58. The number of carbonyl (C=O) groups excluding carboxylic acids is 3. The summed E-state index contributed by atoms with van der Waals surface area (Å²) in [7, 11) is 0. The molecule has 0 bridgehead atoms. The average Bonchev–Trinajstić information content (AvgIpc) is 3.73. The number of aromatic hydroxyl groups is 3. The van der Waals surface area contributed by atoms with Crippen LogP contribution in [0.3, 0.4) is 0 Å². The molecule has 2 aliphatic heterocycles. The van der Waals surface area contributed by atoms with Gasteiger partial charge in [0.25, 0.3) is 0 Å². The normalized spacial score (nSPS) is 23.3. The summed E-state index contributed by atoms with van der Waals surface area (Å²) in [6.45, 7) is 3.50. The maximum absolute atomic E-state index is 13.4. The molecule has 13 heteroatoms. The third kappa shape index (κ3) is 7.69. The molecule has 6 N–H and O–H groups in total. The monoisotopic (exact) mass is 859 g/mol. The van der Waals surface area contributed by atoms with Crippen LogP contribution in [0.2, 0.25) is 0 Å². The van der Waals surface area contributed by atoms with E-state index in [1.165, 1.54) is 35.4 Å². The van der Waals surface area contributed by atoms with Crippen molar-refractivity contribution in [1.82, 2.24) is 10.6 Å². The first kappa shape index (κ1) is 41.5. The van der Waals surface area contributed by atoms with E-state index in [1.54, 1.807) is 18.2 Å². The number of fused-ring (bicyclic) bond motifs is 11. The van der Waals surface area contributed by atoms with E-state index in [0.29, 0.717) is 81.1 Å². The molecule has 4 aromatic rings. The second-order valence-electron chi connectivity index (χ2n) is 17.8. The van der Waals surface area contributed by atoms with Crippen LogP contribution in [0.25, 0.3) is 0 Å². The Balaban J connectivity index is 0.673. The van der Waals surface area contributed by atoms with Crippen LogP contribution in [0.5, 0.6) is 28.7 Å². The van der Waals surface area contributed by atoms with Crippen molar-refractivity contribution in [3.63, 3.8) is 0 Å². The van der Waals surface area contributed by atoms with Crippen LogP contribution in [0.1, 0.15) is 122 Å². The molecule has 3 aliphatic carbocycles. The average molecular weight is 860 g/mol. The number of nitrogens with one attached hydrogen (secondary N) is 3. The molecule has 2 saturated carbocycles. The van der Waals surface area contributed by atoms with E-state index >= 15 is 0 Å². The van der Waals surface area contributed by atoms with Crippen LogP contribution >= 0.6 is 12.2 Å². The van der Waals surface area contributed by atoms with Crippen molar-refractivity contribution in [2.75, 3.05) is 18.4 Å². The summed E-state index contributed by atoms with van der Waals surface area (Å²) in [4.78, 5) is 39.0. The summed E-state index contributed by atoms with van der Waals surface area (Å²) in [5.41, 5.74) is 3.98. The van der Waals surface area contributed by atoms with Crippen LogP contribution < -0.4 is 20.7 Å². The zero-order valence-corrected chi connectivity index (χ0v) is 35.7. The van der Waals surface area contributed by atoms with E-state index < -0.39 is 11.6 Å². The first-order chi connectivity index (χ1) is 29.9. The minimum Gasteiger partial charge on any atom is -0.508 e. The quantitative estimate of drug-likeness (QED) is 0.0456. The maximum atomic E-state index is 13.4. The number of hydrogen-bond donors (Lipinski definition) is 6. The first-order valence-corrected chi connectivity index (χ1v) is 22.4. The number of phenolic OH excluding ortho intramolecular Hbond substituents is 3. The topological polar surface area (TPSA) is 176 Å². The van der Waals surface area contributed by atoms with Gasteiger partial charge in [0, 0.05) is 59.4 Å². The van der Waals surface area contributed by atoms with Crippen LogP contribution in [0, 0.1) is 17.3 Å². The highest BCUT2D eigenvalue weighted by Crippen LogP contribution is 2.62. The molecule has 1 amide bonds. The molecule has 0 aromatic heterocycles. The van der Waals surface area contributed by atoms with E-state index in [0.717, 1.165) is 64.2 Å². The second kappa shape index (κ2) is 16.8. The van der Waals surface area contributed by atoms with Crippen molar-refractivity contribution >= 4 is 40.9 Å². The lowest BCUT2D eigenvalue weighted by Crippen LogP contribution is -2.45. The molecular formula is C49H53N3O9S. The lowest BCUT2D eigenvalue weighted by molar-refractivity contribution is -0.158. The van der Waals surface area contributed by atoms with Gasteiger partial charge in [-0.25, -0.2) is 4.79 Å². The van der Waals surface area contributed by atoms with Crippen molar-refractivity contribution in [2.45, 2.75) is 102 Å². The number of amides is 1. The smallest absolute Gasteiger partial charge is 0.340 e. The lowest BCUT2D eigenvalue weighted by Gasteiger charge is -2.50. The Kier molecular flexibility index (Phi) is 11.3. The minimum atomic E-state index is -1.33. The summed E-state index contributed by atoms with van der Waals surface area (Å²) in [6, 6.07) is 20.5. The molecule has 324 valence electrons. The molecule has 9 rings (SSSR count). The van der Waals surface area contributed by atoms with Gasteiger partial charge in [0.1, 0.15) is 34.9 Å². The number of esters is 2. The second-order valence-corrected chi connectivity index (χ2v) is 18.2. The molecule has 4 aromatic carbocycles. The summed E-state index contributed by atoms with van der Waals surface area (Å²) < 4.78 is 18.3. The van der Waals surface area contributed by atoms with Gasteiger partial charge in [-0.3, -0.25) is 9.59 Å². The third-order valence-corrected chi connectivity index (χ3v) is 14.4. The maximum Gasteiger partial charge on any atom is 0.340 e. The zero-order valence-electron chi connectivity index (χ0n) is 34.8. The highest BCUT2D eigenvalue weighted by Gasteiger charge is 2.57. The molecule has 0 radical (unpaired) electrons. The first-order valence-electron chi connectivity index (χ1n) is 22.0. The molecule has 5 atom stereocenters. The Labute approximate surface area is 366 Å². The molecule has 12 nitrogen and oxygen atoms in total. The van der Waals surface area contributed by atoms with Crippen molar-refractivity contribution in [1.29, 1.82) is 0 Å². The van der Waals surface area contributed by atoms with Gasteiger partial charge in [-0.15, -0.1) is 0 Å². The number of hydrogen-bond acceptors (Lipinski definition) is 10. The van der Waals surface area contributed by atoms with E-state index in [-0.39, 0.29) is 47.7 Å². The van der Waals surface area contributed by atoms with Crippen molar-refractivity contribution < 1.29 is 43.9 Å². The summed E-state index contributed by atoms with van der Waals surface area (Å²) in [5, 5.41) is 40.1. The Morgan fingerprint density at radius 3 is 2.21 bits per heavy atom. The standard InChI is InChI=1S/C49H53N3O9S/c1-48-21-20-34-33-12-8-30(53)24-28(33)6-11-35(34)37(48)16-17-43(48)60-45(57)19-18-44(56)50-22-4-2-3-5-23-51-47(62)52-29-7-13-38-36(25-29)46(58)61-49(38)39-14-9-31(54)26-41(39)59-42-27-32(55)10-15-40(42)49/h7-10,12-15,24-27,34-35,37,43,53-55H,2-6,11,16-23H2,1H3,(H,50,56)(H2,51,52,62)/t34-,35-,37-,43-,48+/m1/s1. The van der Waals surface area contributed by atoms with Gasteiger partial charge in [0.05, 0.1) is 12.0 Å². The number of aryl methyl sites for hydroxylation is 1. The van der Waals surface area contributed by atoms with Crippen molar-refractivity contribution in [2.24, 2.45) is 17.3 Å². The third-order valence-electron chi connectivity index (χ3n) is 14.2. The molecule has 0 unspecified atom stereocenters. The van der Waals surface area contributed by atoms with E-state index in [9.17, 15) is 29.7 Å². The number of benzene rings is 4. The summed E-state index contributed by atoms with van der Waals surface area (Å²) in [6.07, 6.45) is 9.76. The fourth-order valence-corrected chi connectivity index (χ4v) is 11.4. The van der Waals surface area contributed by atoms with Crippen molar-refractivity contribution in [3.05, 3.63) is 106 Å². The van der Waals surface area contributed by atoms with E-state index in [2.05, 4.69) is 28.9 Å². The SMILES string of the molecule is C[C@]12CC[C@@H]3c4ccc(O)cc4CC[C@H]3[C@H]1CC[C@H]2OC(=O)CCC(=O)NCCCCCCNC(=S)Nc1ccc2c(c1)C(=O)OC21c2ccc(O)cc2Oc2cc(O)ccc21. The van der Waals surface area contributed by atoms with E-state index in [4.69, 9.17) is 26.4 Å². The van der Waals surface area contributed by atoms with Gasteiger partial charge >= 0.3 is 11.9 Å². The van der Waals surface area contributed by atoms with Gasteiger partial charge in [0.15, 0.2) is 10.7 Å². The lowest BCUT2D eigenvalue weighted by atomic mass is 9.55. The highest BCUT2D eigenvalue weighted by molar-refractivity contribution is 7.80. The molecule has 5 aliphatic rings. The predicted molar refractivity (Wildman–Crippen MR) is 236 cm³/mol. The molecule has 1 spiro atoms. The van der Waals surface area contributed by atoms with Gasteiger partial charge in [-0.2, -0.15) is 0 Å². The summed E-state index contributed by atoms with van der Waals surface area (Å²) in [5.74, 6) is 1.59. The number of ether oxygens (including phenoxy) is 3. The number of anilines is 1. The number of carbonyl (C=O) groups is 3. The molecule has 2 fully saturated rings. The number of rotatable bonds is 12. The Bertz CT molecular complexity index is 2390. The summed E-state index contributed by atoms with van der Waals surface area (Å²) >= 11 is 5.55. The fraction of sp³-hybridized carbons (Fsp3) is 0.429.